The Morgan fingerprint density at radius 3 is 1.33 bits per heavy atom. The largest absolute Gasteiger partial charge is 0.456 e. The normalized spacial score (nSPS) is 12.7. The molecule has 3 nitrogen and oxygen atoms in total. The standard InChI is InChI=1S/C54H35BN2O/c1-3-13-36(14-4-1)38-23-28-42(29-24-38)56-48-20-10-8-18-46(48)55-47-19-9-11-21-49(47)57(43-30-25-39(26-31-43)37-15-5-2-6-16-37)51-35-41(34-50(56)54(51)55)40-27-32-53-45(33-40)44-17-7-12-22-52(44)58-53/h1-35H. The zero-order valence-electron chi connectivity index (χ0n) is 31.6. The number of hydrogen-bond donors (Lipinski definition) is 0. The molecule has 0 saturated carbocycles. The zero-order valence-corrected chi connectivity index (χ0v) is 31.6. The van der Waals surface area contributed by atoms with Gasteiger partial charge in [0.05, 0.1) is 0 Å². The highest BCUT2D eigenvalue weighted by molar-refractivity contribution is 7.00. The molecule has 4 heteroatoms. The van der Waals surface area contributed by atoms with Crippen LogP contribution in [-0.4, -0.2) is 6.71 Å². The van der Waals surface area contributed by atoms with Crippen molar-refractivity contribution in [3.63, 3.8) is 0 Å². The Hall–Kier alpha value is -7.56. The number of fused-ring (bicyclic) bond motifs is 7. The van der Waals surface area contributed by atoms with Gasteiger partial charge in [-0.3, -0.25) is 0 Å². The molecule has 270 valence electrons. The first-order chi connectivity index (χ1) is 28.8. The van der Waals surface area contributed by atoms with E-state index >= 15 is 0 Å². The summed E-state index contributed by atoms with van der Waals surface area (Å²) in [5.74, 6) is 0. The summed E-state index contributed by atoms with van der Waals surface area (Å²) in [6.07, 6.45) is 0. The Morgan fingerprint density at radius 2 is 0.759 bits per heavy atom. The predicted molar refractivity (Wildman–Crippen MR) is 244 cm³/mol. The lowest BCUT2D eigenvalue weighted by atomic mass is 9.33. The minimum Gasteiger partial charge on any atom is -0.456 e. The maximum Gasteiger partial charge on any atom is 0.252 e. The number of anilines is 6. The van der Waals surface area contributed by atoms with Crippen LogP contribution < -0.4 is 26.2 Å². The third-order valence-electron chi connectivity index (χ3n) is 12.1. The molecule has 0 amide bonds. The van der Waals surface area contributed by atoms with Gasteiger partial charge in [0.15, 0.2) is 0 Å². The average molecular weight is 739 g/mol. The van der Waals surface area contributed by atoms with E-state index in [0.29, 0.717) is 0 Å². The molecule has 10 aromatic rings. The van der Waals surface area contributed by atoms with Gasteiger partial charge in [0.1, 0.15) is 11.2 Å². The molecule has 2 aliphatic heterocycles. The van der Waals surface area contributed by atoms with E-state index in [9.17, 15) is 0 Å². The minimum atomic E-state index is 0.0476. The summed E-state index contributed by atoms with van der Waals surface area (Å²) in [4.78, 5) is 4.97. The van der Waals surface area contributed by atoms with Gasteiger partial charge in [0.2, 0.25) is 0 Å². The van der Waals surface area contributed by atoms with Crippen molar-refractivity contribution < 1.29 is 4.42 Å². The second-order valence-electron chi connectivity index (χ2n) is 15.3. The van der Waals surface area contributed by atoms with Gasteiger partial charge in [-0.25, -0.2) is 0 Å². The second kappa shape index (κ2) is 13.0. The predicted octanol–water partition coefficient (Wildman–Crippen LogP) is 12.7. The van der Waals surface area contributed by atoms with Crippen LogP contribution in [0.4, 0.5) is 34.1 Å². The molecule has 58 heavy (non-hydrogen) atoms. The highest BCUT2D eigenvalue weighted by atomic mass is 16.3. The monoisotopic (exact) mass is 738 g/mol. The van der Waals surface area contributed by atoms with E-state index in [0.717, 1.165) is 44.4 Å². The molecule has 0 N–H and O–H groups in total. The SMILES string of the molecule is c1ccc(-c2ccc(N3c4ccccc4B4c5ccccc5N(c5ccc(-c6ccccc6)cc5)c5cc(-c6ccc7oc8ccccc8c7c6)cc3c54)cc2)cc1. The number of rotatable bonds is 5. The molecule has 12 rings (SSSR count). The number of benzene rings is 9. The molecule has 1 aromatic heterocycles. The topological polar surface area (TPSA) is 19.6 Å². The van der Waals surface area contributed by atoms with Crippen LogP contribution in [0.2, 0.25) is 0 Å². The summed E-state index contributed by atoms with van der Waals surface area (Å²) in [6, 6.07) is 77.1. The molecule has 0 radical (unpaired) electrons. The first-order valence-electron chi connectivity index (χ1n) is 20.0. The third kappa shape index (κ3) is 5.08. The van der Waals surface area contributed by atoms with Crippen molar-refractivity contribution in [3.8, 4) is 33.4 Å². The highest BCUT2D eigenvalue weighted by Crippen LogP contribution is 2.47. The van der Waals surface area contributed by atoms with Crippen molar-refractivity contribution in [1.29, 1.82) is 0 Å². The molecule has 0 aliphatic carbocycles. The van der Waals surface area contributed by atoms with Gasteiger partial charge in [-0.15, -0.1) is 0 Å². The van der Waals surface area contributed by atoms with E-state index in [1.54, 1.807) is 0 Å². The van der Waals surface area contributed by atoms with Crippen molar-refractivity contribution in [2.45, 2.75) is 0 Å². The van der Waals surface area contributed by atoms with Crippen LogP contribution in [0.25, 0.3) is 55.3 Å². The number of furan rings is 1. The molecule has 2 aliphatic rings. The summed E-state index contributed by atoms with van der Waals surface area (Å²) in [5, 5.41) is 2.25. The molecule has 0 unspecified atom stereocenters. The van der Waals surface area contributed by atoms with Crippen LogP contribution in [0.5, 0.6) is 0 Å². The molecular formula is C54H35BN2O. The first kappa shape index (κ1) is 32.7. The lowest BCUT2D eigenvalue weighted by Gasteiger charge is -2.44. The summed E-state index contributed by atoms with van der Waals surface area (Å²) >= 11 is 0. The maximum absolute atomic E-state index is 6.30. The molecule has 0 bridgehead atoms. The zero-order chi connectivity index (χ0) is 38.2. The lowest BCUT2D eigenvalue weighted by molar-refractivity contribution is 0.669. The fraction of sp³-hybridized carbons (Fsp3) is 0. The summed E-state index contributed by atoms with van der Waals surface area (Å²) < 4.78 is 6.30. The van der Waals surface area contributed by atoms with Crippen LogP contribution in [0.1, 0.15) is 0 Å². The lowest BCUT2D eigenvalue weighted by Crippen LogP contribution is -2.61. The Balaban J connectivity index is 1.12. The van der Waals surface area contributed by atoms with Gasteiger partial charge in [0.25, 0.3) is 6.71 Å². The summed E-state index contributed by atoms with van der Waals surface area (Å²) in [5.41, 5.74) is 19.8. The van der Waals surface area contributed by atoms with E-state index in [1.807, 2.05) is 6.07 Å². The number of nitrogens with zero attached hydrogens (tertiary/aromatic N) is 2. The number of hydrogen-bond acceptors (Lipinski definition) is 3. The molecular weight excluding hydrogens is 703 g/mol. The minimum absolute atomic E-state index is 0.0476. The first-order valence-corrected chi connectivity index (χ1v) is 20.0. The summed E-state index contributed by atoms with van der Waals surface area (Å²) in [6.45, 7) is 0.0476. The van der Waals surface area contributed by atoms with Crippen LogP contribution in [0, 0.1) is 0 Å². The van der Waals surface area contributed by atoms with Crippen LogP contribution in [0.15, 0.2) is 217 Å². The molecule has 9 aromatic carbocycles. The van der Waals surface area contributed by atoms with E-state index in [4.69, 9.17) is 4.42 Å². The van der Waals surface area contributed by atoms with Crippen LogP contribution in [0.3, 0.4) is 0 Å². The van der Waals surface area contributed by atoms with Gasteiger partial charge < -0.3 is 14.2 Å². The molecule has 0 saturated heterocycles. The number of para-hydroxylation sites is 3. The van der Waals surface area contributed by atoms with Gasteiger partial charge in [-0.2, -0.15) is 0 Å². The van der Waals surface area contributed by atoms with Gasteiger partial charge in [-0.05, 0) is 116 Å². The third-order valence-corrected chi connectivity index (χ3v) is 12.1. The second-order valence-corrected chi connectivity index (χ2v) is 15.3. The van der Waals surface area contributed by atoms with E-state index in [1.165, 1.54) is 61.4 Å². The van der Waals surface area contributed by atoms with Crippen LogP contribution in [-0.2, 0) is 0 Å². The molecule has 0 fully saturated rings. The van der Waals surface area contributed by atoms with Crippen molar-refractivity contribution in [2.75, 3.05) is 9.80 Å². The maximum atomic E-state index is 6.30. The fourth-order valence-corrected chi connectivity index (χ4v) is 9.39. The molecule has 0 spiro atoms. The van der Waals surface area contributed by atoms with Crippen molar-refractivity contribution in [3.05, 3.63) is 212 Å². The van der Waals surface area contributed by atoms with Crippen LogP contribution >= 0.6 is 0 Å². The summed E-state index contributed by atoms with van der Waals surface area (Å²) in [7, 11) is 0. The Bertz CT molecular complexity index is 3020. The van der Waals surface area contributed by atoms with Crippen molar-refractivity contribution in [1.82, 2.24) is 0 Å². The Morgan fingerprint density at radius 1 is 0.310 bits per heavy atom. The fourth-order valence-electron chi connectivity index (χ4n) is 9.39. The van der Waals surface area contributed by atoms with Gasteiger partial charge in [-0.1, -0.05) is 146 Å². The average Bonchev–Trinajstić information content (AvgIpc) is 3.68. The van der Waals surface area contributed by atoms with E-state index in [2.05, 4.69) is 216 Å². The van der Waals surface area contributed by atoms with E-state index in [-0.39, 0.29) is 6.71 Å². The van der Waals surface area contributed by atoms with Gasteiger partial charge >= 0.3 is 0 Å². The van der Waals surface area contributed by atoms with Crippen molar-refractivity contribution in [2.24, 2.45) is 0 Å². The smallest absolute Gasteiger partial charge is 0.252 e. The molecule has 3 heterocycles. The molecule has 0 atom stereocenters. The van der Waals surface area contributed by atoms with Gasteiger partial charge in [0, 0.05) is 44.9 Å². The Labute approximate surface area is 337 Å². The quantitative estimate of drug-likeness (QED) is 0.164. The van der Waals surface area contributed by atoms with Crippen molar-refractivity contribution >= 4 is 79.2 Å². The Kier molecular flexibility index (Phi) is 7.33. The highest BCUT2D eigenvalue weighted by Gasteiger charge is 2.43. The van der Waals surface area contributed by atoms with E-state index < -0.39 is 0 Å².